The molecule has 0 N–H and O–H groups in total. The van der Waals surface area contributed by atoms with E-state index in [4.69, 9.17) is 4.74 Å². The third-order valence-electron chi connectivity index (χ3n) is 2.03. The molecule has 1 aromatic rings. The summed E-state index contributed by atoms with van der Waals surface area (Å²) in [6.07, 6.45) is 0. The molecule has 0 atom stereocenters. The summed E-state index contributed by atoms with van der Waals surface area (Å²) >= 11 is 0. The molecule has 0 spiro atoms. The topological polar surface area (TPSA) is 69.7 Å². The third-order valence-corrected chi connectivity index (χ3v) is 2.03. The van der Waals surface area contributed by atoms with Gasteiger partial charge in [-0.25, -0.2) is 4.79 Å². The largest absolute Gasteiger partial charge is 0.465 e. The van der Waals surface area contributed by atoms with Crippen molar-refractivity contribution in [2.45, 2.75) is 13.8 Å². The second-order valence-electron chi connectivity index (χ2n) is 3.35. The maximum Gasteiger partial charge on any atom is 0.337 e. The molecule has 90 valence electrons. The van der Waals surface area contributed by atoms with Gasteiger partial charge in [-0.1, -0.05) is 0 Å². The smallest absolute Gasteiger partial charge is 0.337 e. The van der Waals surface area contributed by atoms with Crippen LogP contribution in [0.25, 0.3) is 0 Å². The number of Topliss-reactive ketones (excluding diaryl/α,β-unsaturated/α-hetero) is 1. The number of carbonyl (C=O) groups excluding carboxylic acids is 3. The van der Waals surface area contributed by atoms with Gasteiger partial charge in [0, 0.05) is 6.92 Å². The zero-order valence-electron chi connectivity index (χ0n) is 9.77. The highest BCUT2D eigenvalue weighted by Gasteiger charge is 2.14. The first-order valence-corrected chi connectivity index (χ1v) is 4.87. The first-order chi connectivity index (χ1) is 7.95. The van der Waals surface area contributed by atoms with Crippen molar-refractivity contribution in [1.29, 1.82) is 0 Å². The summed E-state index contributed by atoms with van der Waals surface area (Å²) in [4.78, 5) is 33.5. The van der Waals surface area contributed by atoms with Gasteiger partial charge >= 0.3 is 11.9 Å². The van der Waals surface area contributed by atoms with E-state index in [0.29, 0.717) is 0 Å². The molecular weight excluding hydrogens is 224 g/mol. The molecule has 1 rings (SSSR count). The van der Waals surface area contributed by atoms with Gasteiger partial charge in [0.25, 0.3) is 0 Å². The Morgan fingerprint density at radius 2 is 1.76 bits per heavy atom. The Kier molecular flexibility index (Phi) is 3.98. The van der Waals surface area contributed by atoms with Gasteiger partial charge in [0.05, 0.1) is 18.2 Å². The maximum absolute atomic E-state index is 11.4. The standard InChI is InChI=1S/C12H12O5/c1-7(13)10-6-9(12(15)16-3)4-5-11(10)17-8(2)14/h4-6H,1-3H3. The lowest BCUT2D eigenvalue weighted by molar-refractivity contribution is -0.131. The first-order valence-electron chi connectivity index (χ1n) is 4.87. The fourth-order valence-corrected chi connectivity index (χ4v) is 1.29. The van der Waals surface area contributed by atoms with Crippen molar-refractivity contribution in [3.05, 3.63) is 29.3 Å². The van der Waals surface area contributed by atoms with E-state index >= 15 is 0 Å². The Labute approximate surface area is 98.3 Å². The fourth-order valence-electron chi connectivity index (χ4n) is 1.29. The molecule has 0 aromatic heterocycles. The molecule has 0 radical (unpaired) electrons. The monoisotopic (exact) mass is 236 g/mol. The minimum absolute atomic E-state index is 0.137. The van der Waals surface area contributed by atoms with Crippen molar-refractivity contribution >= 4 is 17.7 Å². The van der Waals surface area contributed by atoms with Crippen molar-refractivity contribution in [2.24, 2.45) is 0 Å². The summed E-state index contributed by atoms with van der Waals surface area (Å²) in [6.45, 7) is 2.56. The number of hydrogen-bond donors (Lipinski definition) is 0. The van der Waals surface area contributed by atoms with Gasteiger partial charge in [-0.05, 0) is 25.1 Å². The Hall–Kier alpha value is -2.17. The van der Waals surface area contributed by atoms with E-state index in [9.17, 15) is 14.4 Å². The molecule has 1 aromatic carbocycles. The van der Waals surface area contributed by atoms with E-state index in [0.717, 1.165) is 0 Å². The van der Waals surface area contributed by atoms with Crippen LogP contribution in [0.2, 0.25) is 0 Å². The molecule has 0 unspecified atom stereocenters. The van der Waals surface area contributed by atoms with E-state index in [1.54, 1.807) is 0 Å². The van der Waals surface area contributed by atoms with E-state index in [1.807, 2.05) is 0 Å². The van der Waals surface area contributed by atoms with Crippen molar-refractivity contribution in [3.8, 4) is 5.75 Å². The second-order valence-corrected chi connectivity index (χ2v) is 3.35. The van der Waals surface area contributed by atoms with Crippen molar-refractivity contribution in [3.63, 3.8) is 0 Å². The van der Waals surface area contributed by atoms with Gasteiger partial charge in [-0.3, -0.25) is 9.59 Å². The van der Waals surface area contributed by atoms with Crippen LogP contribution in [-0.4, -0.2) is 24.8 Å². The van der Waals surface area contributed by atoms with Crippen LogP contribution < -0.4 is 4.74 Å². The Morgan fingerprint density at radius 3 is 2.24 bits per heavy atom. The number of benzene rings is 1. The van der Waals surface area contributed by atoms with Crippen LogP contribution in [-0.2, 0) is 9.53 Å². The minimum Gasteiger partial charge on any atom is -0.465 e. The van der Waals surface area contributed by atoms with Gasteiger partial charge < -0.3 is 9.47 Å². The predicted octanol–water partition coefficient (Wildman–Crippen LogP) is 1.60. The van der Waals surface area contributed by atoms with Gasteiger partial charge in [-0.15, -0.1) is 0 Å². The lowest BCUT2D eigenvalue weighted by Gasteiger charge is -2.07. The van der Waals surface area contributed by atoms with Crippen molar-refractivity contribution < 1.29 is 23.9 Å². The van der Waals surface area contributed by atoms with Crippen molar-refractivity contribution in [2.75, 3.05) is 7.11 Å². The molecule has 0 bridgehead atoms. The molecule has 0 aliphatic rings. The number of rotatable bonds is 3. The summed E-state index contributed by atoms with van der Waals surface area (Å²) in [6, 6.07) is 4.16. The number of ether oxygens (including phenoxy) is 2. The molecule has 5 heteroatoms. The average molecular weight is 236 g/mol. The van der Waals surface area contributed by atoms with Crippen LogP contribution in [0.1, 0.15) is 34.6 Å². The van der Waals surface area contributed by atoms with Crippen LogP contribution >= 0.6 is 0 Å². The molecule has 0 fully saturated rings. The maximum atomic E-state index is 11.4. The minimum atomic E-state index is -0.554. The second kappa shape index (κ2) is 5.25. The normalized spacial score (nSPS) is 9.59. The molecular formula is C12H12O5. The molecule has 0 saturated carbocycles. The average Bonchev–Trinajstić information content (AvgIpc) is 2.27. The first kappa shape index (κ1) is 12.9. The quantitative estimate of drug-likeness (QED) is 0.453. The van der Waals surface area contributed by atoms with Crippen LogP contribution in [0.3, 0.4) is 0 Å². The van der Waals surface area contributed by atoms with Crippen LogP contribution in [0.15, 0.2) is 18.2 Å². The van der Waals surface area contributed by atoms with Gasteiger partial charge in [0.1, 0.15) is 5.75 Å². The van der Waals surface area contributed by atoms with Crippen LogP contribution in [0.4, 0.5) is 0 Å². The number of hydrogen-bond acceptors (Lipinski definition) is 5. The predicted molar refractivity (Wildman–Crippen MR) is 59.1 cm³/mol. The molecule has 17 heavy (non-hydrogen) atoms. The fraction of sp³-hybridized carbons (Fsp3) is 0.250. The zero-order chi connectivity index (χ0) is 13.0. The summed E-state index contributed by atoms with van der Waals surface area (Å²) < 4.78 is 9.40. The number of carbonyl (C=O) groups is 3. The third kappa shape index (κ3) is 3.14. The zero-order valence-corrected chi connectivity index (χ0v) is 9.77. The van der Waals surface area contributed by atoms with Crippen LogP contribution in [0.5, 0.6) is 5.75 Å². The number of esters is 2. The van der Waals surface area contributed by atoms with E-state index in [-0.39, 0.29) is 22.7 Å². The molecule has 0 heterocycles. The molecule has 0 aliphatic heterocycles. The summed E-state index contributed by atoms with van der Waals surface area (Å²) in [5, 5.41) is 0. The number of methoxy groups -OCH3 is 1. The highest BCUT2D eigenvalue weighted by Crippen LogP contribution is 2.21. The number of ketones is 1. The van der Waals surface area contributed by atoms with E-state index < -0.39 is 11.9 Å². The molecule has 0 aliphatic carbocycles. The Balaban J connectivity index is 3.21. The van der Waals surface area contributed by atoms with E-state index in [1.165, 1.54) is 39.2 Å². The Bertz CT molecular complexity index is 476. The summed E-state index contributed by atoms with van der Waals surface area (Å²) in [5.74, 6) is -1.25. The van der Waals surface area contributed by atoms with E-state index in [2.05, 4.69) is 4.74 Å². The van der Waals surface area contributed by atoms with Gasteiger partial charge in [0.2, 0.25) is 0 Å². The van der Waals surface area contributed by atoms with Gasteiger partial charge in [-0.2, -0.15) is 0 Å². The molecule has 0 saturated heterocycles. The summed E-state index contributed by atoms with van der Waals surface area (Å²) in [5.41, 5.74) is 0.400. The lowest BCUT2D eigenvalue weighted by atomic mass is 10.1. The highest BCUT2D eigenvalue weighted by atomic mass is 16.5. The van der Waals surface area contributed by atoms with Crippen LogP contribution in [0, 0.1) is 0 Å². The van der Waals surface area contributed by atoms with Crippen molar-refractivity contribution in [1.82, 2.24) is 0 Å². The SMILES string of the molecule is COC(=O)c1ccc(OC(C)=O)c(C(C)=O)c1. The highest BCUT2D eigenvalue weighted by molar-refractivity contribution is 6.00. The molecule has 5 nitrogen and oxygen atoms in total. The lowest BCUT2D eigenvalue weighted by Crippen LogP contribution is -2.08. The Morgan fingerprint density at radius 1 is 1.12 bits per heavy atom. The summed E-state index contributed by atoms with van der Waals surface area (Å²) in [7, 11) is 1.25. The molecule has 0 amide bonds. The van der Waals surface area contributed by atoms with Gasteiger partial charge in [0.15, 0.2) is 5.78 Å².